The third-order valence-electron chi connectivity index (χ3n) is 4.50. The van der Waals surface area contributed by atoms with E-state index in [0.29, 0.717) is 31.1 Å². The number of aliphatic carboxylic acids is 1. The fourth-order valence-electron chi connectivity index (χ4n) is 3.23. The predicted molar refractivity (Wildman–Crippen MR) is 90.2 cm³/mol. The maximum Gasteiger partial charge on any atom is 0.318 e. The van der Waals surface area contributed by atoms with Crippen molar-refractivity contribution in [2.45, 2.75) is 38.1 Å². The molecule has 24 heavy (non-hydrogen) atoms. The van der Waals surface area contributed by atoms with Gasteiger partial charge >= 0.3 is 5.97 Å². The Labute approximate surface area is 142 Å². The number of halogens is 1. The fraction of sp³-hybridized carbons (Fsp3) is 0.588. The van der Waals surface area contributed by atoms with Crippen LogP contribution in [0.4, 0.5) is 4.39 Å². The van der Waals surface area contributed by atoms with Crippen molar-refractivity contribution in [3.05, 3.63) is 35.6 Å². The van der Waals surface area contributed by atoms with Gasteiger partial charge in [0, 0.05) is 19.1 Å². The van der Waals surface area contributed by atoms with Crippen LogP contribution in [-0.4, -0.2) is 55.0 Å². The van der Waals surface area contributed by atoms with Crippen molar-refractivity contribution in [2.75, 3.05) is 24.6 Å². The van der Waals surface area contributed by atoms with Crippen molar-refractivity contribution in [3.8, 4) is 0 Å². The highest BCUT2D eigenvalue weighted by Crippen LogP contribution is 2.24. The molecule has 7 heteroatoms. The van der Waals surface area contributed by atoms with Gasteiger partial charge in [0.05, 0.1) is 5.75 Å². The molecule has 0 radical (unpaired) electrons. The molecule has 0 unspecified atom stereocenters. The summed E-state index contributed by atoms with van der Waals surface area (Å²) in [5.41, 5.74) is 0.619. The molecule has 1 aliphatic rings. The van der Waals surface area contributed by atoms with Crippen LogP contribution in [0, 0.1) is 5.82 Å². The molecular formula is C17H24FNO4S. The number of benzene rings is 1. The molecule has 1 saturated carbocycles. The average Bonchev–Trinajstić information content (AvgIpc) is 3.01. The van der Waals surface area contributed by atoms with Crippen LogP contribution < -0.4 is 0 Å². The van der Waals surface area contributed by atoms with Crippen LogP contribution in [0.5, 0.6) is 0 Å². The summed E-state index contributed by atoms with van der Waals surface area (Å²) in [5, 5.41) is 8.67. The minimum atomic E-state index is -3.61. The number of hydrogen-bond acceptors (Lipinski definition) is 4. The van der Waals surface area contributed by atoms with E-state index < -0.39 is 21.6 Å². The van der Waals surface area contributed by atoms with Crippen molar-refractivity contribution in [2.24, 2.45) is 0 Å². The Hall–Kier alpha value is -1.47. The summed E-state index contributed by atoms with van der Waals surface area (Å²) in [6, 6.07) is 6.90. The number of carbonyl (C=O) groups is 1. The van der Waals surface area contributed by atoms with Gasteiger partial charge < -0.3 is 5.11 Å². The Bertz CT molecular complexity index is 656. The van der Waals surface area contributed by atoms with Gasteiger partial charge in [0.15, 0.2) is 9.84 Å². The van der Waals surface area contributed by atoms with Crippen molar-refractivity contribution in [3.63, 3.8) is 0 Å². The van der Waals surface area contributed by atoms with E-state index in [1.165, 1.54) is 6.07 Å². The predicted octanol–water partition coefficient (Wildman–Crippen LogP) is 2.11. The number of rotatable bonds is 9. The van der Waals surface area contributed by atoms with E-state index in [0.717, 1.165) is 25.7 Å². The second-order valence-electron chi connectivity index (χ2n) is 6.30. The normalized spacial score (nSPS) is 15.9. The molecule has 5 nitrogen and oxygen atoms in total. The first kappa shape index (κ1) is 18.9. The third-order valence-corrected chi connectivity index (χ3v) is 5.99. The second kappa shape index (κ2) is 8.58. The lowest BCUT2D eigenvalue weighted by Crippen LogP contribution is -2.39. The number of carboxylic acids is 1. The molecular weight excluding hydrogens is 333 g/mol. The quantitative estimate of drug-likeness (QED) is 0.733. The highest BCUT2D eigenvalue weighted by atomic mass is 32.2. The maximum atomic E-state index is 13.8. The van der Waals surface area contributed by atoms with Gasteiger partial charge in [-0.05, 0) is 30.9 Å². The van der Waals surface area contributed by atoms with E-state index in [1.54, 1.807) is 18.2 Å². The van der Waals surface area contributed by atoms with Crippen LogP contribution in [0.1, 0.15) is 31.2 Å². The molecule has 0 aromatic heterocycles. The minimum absolute atomic E-state index is 0.174. The van der Waals surface area contributed by atoms with E-state index >= 15 is 0 Å². The third kappa shape index (κ3) is 5.87. The molecule has 1 fully saturated rings. The van der Waals surface area contributed by atoms with Crippen LogP contribution >= 0.6 is 0 Å². The van der Waals surface area contributed by atoms with E-state index in [-0.39, 0.29) is 11.6 Å². The second-order valence-corrected chi connectivity index (χ2v) is 8.49. The first-order valence-corrected chi connectivity index (χ1v) is 10.1. The summed E-state index contributed by atoms with van der Waals surface area (Å²) in [6.07, 6.45) is 4.76. The first-order chi connectivity index (χ1) is 11.4. The van der Waals surface area contributed by atoms with Gasteiger partial charge in [-0.2, -0.15) is 0 Å². The summed E-state index contributed by atoms with van der Waals surface area (Å²) < 4.78 is 37.4. The van der Waals surface area contributed by atoms with Crippen molar-refractivity contribution in [1.82, 2.24) is 4.90 Å². The van der Waals surface area contributed by atoms with Crippen molar-refractivity contribution >= 4 is 15.8 Å². The van der Waals surface area contributed by atoms with Gasteiger partial charge in [0.25, 0.3) is 0 Å². The lowest BCUT2D eigenvalue weighted by atomic mass is 10.1. The zero-order valence-corrected chi connectivity index (χ0v) is 14.5. The molecule has 0 bridgehead atoms. The summed E-state index contributed by atoms with van der Waals surface area (Å²) in [4.78, 5) is 12.7. The lowest BCUT2D eigenvalue weighted by molar-refractivity contribution is -0.134. The van der Waals surface area contributed by atoms with Crippen LogP contribution in [-0.2, 0) is 21.1 Å². The van der Waals surface area contributed by atoms with E-state index in [4.69, 9.17) is 5.11 Å². The topological polar surface area (TPSA) is 74.7 Å². The molecule has 2 rings (SSSR count). The molecule has 1 aromatic rings. The highest BCUT2D eigenvalue weighted by Gasteiger charge is 2.25. The Balaban J connectivity index is 1.97. The molecule has 0 saturated heterocycles. The smallest absolute Gasteiger partial charge is 0.318 e. The van der Waals surface area contributed by atoms with Crippen LogP contribution in [0.2, 0.25) is 0 Å². The minimum Gasteiger partial charge on any atom is -0.480 e. The molecule has 1 N–H and O–H groups in total. The molecule has 1 aliphatic carbocycles. The summed E-state index contributed by atoms with van der Waals surface area (Å²) in [5.74, 6) is -2.58. The molecule has 1 aromatic carbocycles. The molecule has 134 valence electrons. The lowest BCUT2D eigenvalue weighted by Gasteiger charge is -2.28. The van der Waals surface area contributed by atoms with Crippen LogP contribution in [0.15, 0.2) is 24.3 Å². The van der Waals surface area contributed by atoms with E-state index in [9.17, 15) is 17.6 Å². The highest BCUT2D eigenvalue weighted by molar-refractivity contribution is 7.92. The van der Waals surface area contributed by atoms with Gasteiger partial charge in [-0.15, -0.1) is 0 Å². The zero-order chi connectivity index (χ0) is 17.6. The monoisotopic (exact) mass is 357 g/mol. The molecule has 0 amide bonds. The number of nitrogens with zero attached hydrogens (tertiary/aromatic N) is 1. The number of hydrogen-bond donors (Lipinski definition) is 1. The maximum absolute atomic E-state index is 13.8. The summed E-state index contributed by atoms with van der Waals surface area (Å²) >= 11 is 0. The Morgan fingerprint density at radius 1 is 1.21 bits per heavy atom. The van der Waals surface area contributed by atoms with Gasteiger partial charge in [-0.1, -0.05) is 31.0 Å². The molecule has 0 spiro atoms. The fourth-order valence-corrected chi connectivity index (χ4v) is 4.26. The molecule has 0 aliphatic heterocycles. The average molecular weight is 357 g/mol. The Morgan fingerprint density at radius 3 is 2.50 bits per heavy atom. The number of sulfone groups is 1. The SMILES string of the molecule is O=C(O)CS(=O)(=O)CCN(CCc1ccccc1F)C1CCCC1. The number of carboxylic acid groups (broad SMARTS) is 1. The van der Waals surface area contributed by atoms with Crippen molar-refractivity contribution < 1.29 is 22.7 Å². The van der Waals surface area contributed by atoms with Crippen LogP contribution in [0.25, 0.3) is 0 Å². The van der Waals surface area contributed by atoms with E-state index in [1.807, 2.05) is 0 Å². The molecule has 0 heterocycles. The van der Waals surface area contributed by atoms with E-state index in [2.05, 4.69) is 4.90 Å². The van der Waals surface area contributed by atoms with Crippen LogP contribution in [0.3, 0.4) is 0 Å². The summed E-state index contributed by atoms with van der Waals surface area (Å²) in [6.45, 7) is 0.878. The standard InChI is InChI=1S/C17H24FNO4S/c18-16-8-4-1-5-14(16)9-10-19(15-6-2-3-7-15)11-12-24(22,23)13-17(20)21/h1,4-5,8,15H,2-3,6-7,9-13H2,(H,20,21). The Morgan fingerprint density at radius 2 is 1.88 bits per heavy atom. The van der Waals surface area contributed by atoms with Gasteiger partial charge in [-0.25, -0.2) is 12.8 Å². The van der Waals surface area contributed by atoms with Gasteiger partial charge in [0.1, 0.15) is 11.6 Å². The summed E-state index contributed by atoms with van der Waals surface area (Å²) in [7, 11) is -3.61. The van der Waals surface area contributed by atoms with Gasteiger partial charge in [-0.3, -0.25) is 9.69 Å². The molecule has 0 atom stereocenters. The Kier molecular flexibility index (Phi) is 6.74. The van der Waals surface area contributed by atoms with Crippen molar-refractivity contribution in [1.29, 1.82) is 0 Å². The largest absolute Gasteiger partial charge is 0.480 e. The first-order valence-electron chi connectivity index (χ1n) is 8.27. The zero-order valence-electron chi connectivity index (χ0n) is 13.7. The van der Waals surface area contributed by atoms with Gasteiger partial charge in [0.2, 0.25) is 0 Å².